The van der Waals surface area contributed by atoms with Crippen molar-refractivity contribution in [2.75, 3.05) is 18.5 Å². The van der Waals surface area contributed by atoms with Gasteiger partial charge in [-0.25, -0.2) is 4.79 Å². The van der Waals surface area contributed by atoms with Crippen molar-refractivity contribution >= 4 is 12.0 Å². The monoisotopic (exact) mass is 254 g/mol. The zero-order chi connectivity index (χ0) is 13.0. The lowest BCUT2D eigenvalue weighted by atomic mass is 9.89. The molecule has 0 atom stereocenters. The number of carbonyl (C=O) groups excluding carboxylic acids is 1. The summed E-state index contributed by atoms with van der Waals surface area (Å²) in [5.41, 5.74) is 0.194. The summed E-state index contributed by atoms with van der Waals surface area (Å²) < 4.78 is 15.5. The fraction of sp³-hybridized carbons (Fsp3) is 0.667. The second-order valence-corrected chi connectivity index (χ2v) is 4.15. The molecule has 0 saturated heterocycles. The number of nitrogens with one attached hydrogen (secondary N) is 1. The Hall–Kier alpha value is -1.56. The molecule has 18 heavy (non-hydrogen) atoms. The molecule has 1 saturated carbocycles. The molecule has 1 N–H and O–H groups in total. The Morgan fingerprint density at radius 1 is 1.50 bits per heavy atom. The van der Waals surface area contributed by atoms with Crippen LogP contribution in [0.2, 0.25) is 0 Å². The SMILES string of the molecule is CCOC(=O)c1coc(NC2CC(OCC)C2)n1. The van der Waals surface area contributed by atoms with Crippen molar-refractivity contribution in [2.24, 2.45) is 0 Å². The first-order valence-electron chi connectivity index (χ1n) is 6.23. The van der Waals surface area contributed by atoms with E-state index in [4.69, 9.17) is 13.9 Å². The number of rotatable bonds is 6. The van der Waals surface area contributed by atoms with Gasteiger partial charge >= 0.3 is 5.97 Å². The number of anilines is 1. The lowest BCUT2D eigenvalue weighted by Crippen LogP contribution is -2.40. The molecule has 1 aliphatic rings. The number of aromatic nitrogens is 1. The van der Waals surface area contributed by atoms with Crippen molar-refractivity contribution in [3.05, 3.63) is 12.0 Å². The van der Waals surface area contributed by atoms with Crippen molar-refractivity contribution in [1.29, 1.82) is 0 Å². The Morgan fingerprint density at radius 2 is 2.28 bits per heavy atom. The number of ether oxygens (including phenoxy) is 2. The molecule has 0 amide bonds. The minimum Gasteiger partial charge on any atom is -0.461 e. The van der Waals surface area contributed by atoms with Crippen molar-refractivity contribution in [3.63, 3.8) is 0 Å². The predicted molar refractivity (Wildman–Crippen MR) is 64.5 cm³/mol. The highest BCUT2D eigenvalue weighted by atomic mass is 16.5. The topological polar surface area (TPSA) is 73.6 Å². The highest BCUT2D eigenvalue weighted by Crippen LogP contribution is 2.26. The molecule has 2 rings (SSSR count). The highest BCUT2D eigenvalue weighted by Gasteiger charge is 2.30. The van der Waals surface area contributed by atoms with Crippen LogP contribution in [0.3, 0.4) is 0 Å². The van der Waals surface area contributed by atoms with Gasteiger partial charge in [0.05, 0.1) is 12.7 Å². The quantitative estimate of drug-likeness (QED) is 0.781. The van der Waals surface area contributed by atoms with Gasteiger partial charge in [-0.1, -0.05) is 0 Å². The fourth-order valence-electron chi connectivity index (χ4n) is 1.87. The molecule has 1 aromatic rings. The normalized spacial score (nSPS) is 22.3. The fourth-order valence-corrected chi connectivity index (χ4v) is 1.87. The number of hydrogen-bond acceptors (Lipinski definition) is 6. The molecule has 0 aromatic carbocycles. The summed E-state index contributed by atoms with van der Waals surface area (Å²) >= 11 is 0. The number of esters is 1. The lowest BCUT2D eigenvalue weighted by molar-refractivity contribution is 0.00256. The maximum absolute atomic E-state index is 11.4. The van der Waals surface area contributed by atoms with Gasteiger partial charge < -0.3 is 19.2 Å². The van der Waals surface area contributed by atoms with Crippen molar-refractivity contribution in [1.82, 2.24) is 4.98 Å². The van der Waals surface area contributed by atoms with Gasteiger partial charge in [0.15, 0.2) is 5.69 Å². The van der Waals surface area contributed by atoms with E-state index in [1.165, 1.54) is 6.26 Å². The first-order chi connectivity index (χ1) is 8.72. The Bertz CT molecular complexity index is 399. The largest absolute Gasteiger partial charge is 0.461 e. The van der Waals surface area contributed by atoms with E-state index in [2.05, 4.69) is 10.3 Å². The van der Waals surface area contributed by atoms with Gasteiger partial charge in [-0.2, -0.15) is 4.98 Å². The molecule has 0 aliphatic heterocycles. The third kappa shape index (κ3) is 3.01. The standard InChI is InChI=1S/C12H18N2O4/c1-3-16-9-5-8(6-9)13-12-14-10(7-18-12)11(15)17-4-2/h7-9H,3-6H2,1-2H3,(H,13,14). The number of nitrogens with zero attached hydrogens (tertiary/aromatic N) is 1. The van der Waals surface area contributed by atoms with E-state index < -0.39 is 5.97 Å². The van der Waals surface area contributed by atoms with Crippen LogP contribution in [0.4, 0.5) is 6.01 Å². The van der Waals surface area contributed by atoms with Crippen LogP contribution in [-0.2, 0) is 9.47 Å². The van der Waals surface area contributed by atoms with E-state index in [-0.39, 0.29) is 5.69 Å². The summed E-state index contributed by atoms with van der Waals surface area (Å²) in [6.07, 6.45) is 3.50. The van der Waals surface area contributed by atoms with E-state index in [0.717, 1.165) is 19.4 Å². The van der Waals surface area contributed by atoms with Crippen molar-refractivity contribution < 1.29 is 18.7 Å². The van der Waals surface area contributed by atoms with E-state index in [1.54, 1.807) is 6.92 Å². The molecule has 100 valence electrons. The van der Waals surface area contributed by atoms with Crippen LogP contribution in [0.5, 0.6) is 0 Å². The molecule has 0 unspecified atom stereocenters. The van der Waals surface area contributed by atoms with Gasteiger partial charge in [-0.15, -0.1) is 0 Å². The molecular weight excluding hydrogens is 236 g/mol. The van der Waals surface area contributed by atoms with Crippen LogP contribution >= 0.6 is 0 Å². The highest BCUT2D eigenvalue weighted by molar-refractivity contribution is 5.87. The maximum atomic E-state index is 11.4. The van der Waals surface area contributed by atoms with Crippen molar-refractivity contribution in [2.45, 2.75) is 38.8 Å². The molecule has 1 heterocycles. The lowest BCUT2D eigenvalue weighted by Gasteiger charge is -2.34. The van der Waals surface area contributed by atoms with Crippen molar-refractivity contribution in [3.8, 4) is 0 Å². The van der Waals surface area contributed by atoms with E-state index in [0.29, 0.717) is 24.8 Å². The average molecular weight is 254 g/mol. The van der Waals surface area contributed by atoms with Gasteiger partial charge in [0, 0.05) is 12.6 Å². The zero-order valence-corrected chi connectivity index (χ0v) is 10.6. The number of hydrogen-bond donors (Lipinski definition) is 1. The minimum absolute atomic E-state index is 0.194. The molecule has 1 aromatic heterocycles. The van der Waals surface area contributed by atoms with E-state index >= 15 is 0 Å². The smallest absolute Gasteiger partial charge is 0.360 e. The average Bonchev–Trinajstić information content (AvgIpc) is 2.75. The molecule has 6 heteroatoms. The zero-order valence-electron chi connectivity index (χ0n) is 10.6. The molecule has 1 aliphatic carbocycles. The van der Waals surface area contributed by atoms with Crippen LogP contribution in [0.15, 0.2) is 10.7 Å². The first kappa shape index (κ1) is 12.9. The summed E-state index contributed by atoms with van der Waals surface area (Å²) in [6.45, 7) is 4.80. The van der Waals surface area contributed by atoms with Gasteiger partial charge in [0.1, 0.15) is 6.26 Å². The molecule has 0 bridgehead atoms. The Labute approximate surface area is 106 Å². The summed E-state index contributed by atoms with van der Waals surface area (Å²) in [5.74, 6) is -0.463. The third-order valence-electron chi connectivity index (χ3n) is 2.81. The van der Waals surface area contributed by atoms with Crippen LogP contribution in [0, 0.1) is 0 Å². The first-order valence-corrected chi connectivity index (χ1v) is 6.23. The van der Waals surface area contributed by atoms with Crippen LogP contribution in [0.25, 0.3) is 0 Å². The molecule has 0 spiro atoms. The van der Waals surface area contributed by atoms with Gasteiger partial charge in [0.2, 0.25) is 0 Å². The van der Waals surface area contributed by atoms with E-state index in [9.17, 15) is 4.79 Å². The van der Waals surface area contributed by atoms with Gasteiger partial charge in [0.25, 0.3) is 6.01 Å². The maximum Gasteiger partial charge on any atom is 0.360 e. The Kier molecular flexibility index (Phi) is 4.19. The molecule has 1 fully saturated rings. The molecule has 0 radical (unpaired) electrons. The van der Waals surface area contributed by atoms with Crippen LogP contribution < -0.4 is 5.32 Å². The molecule has 6 nitrogen and oxygen atoms in total. The second-order valence-electron chi connectivity index (χ2n) is 4.15. The summed E-state index contributed by atoms with van der Waals surface area (Å²) in [5, 5.41) is 3.12. The molecular formula is C12H18N2O4. The number of oxazole rings is 1. The third-order valence-corrected chi connectivity index (χ3v) is 2.81. The Morgan fingerprint density at radius 3 is 2.94 bits per heavy atom. The number of carbonyl (C=O) groups is 1. The Balaban J connectivity index is 1.79. The summed E-state index contributed by atoms with van der Waals surface area (Å²) in [4.78, 5) is 15.4. The van der Waals surface area contributed by atoms with Crippen LogP contribution in [0.1, 0.15) is 37.2 Å². The van der Waals surface area contributed by atoms with Gasteiger partial charge in [-0.05, 0) is 26.7 Å². The van der Waals surface area contributed by atoms with Crippen LogP contribution in [-0.4, -0.2) is 36.3 Å². The predicted octanol–water partition coefficient (Wildman–Crippen LogP) is 1.83. The summed E-state index contributed by atoms with van der Waals surface area (Å²) in [7, 11) is 0. The van der Waals surface area contributed by atoms with E-state index in [1.807, 2.05) is 6.92 Å². The second kappa shape index (κ2) is 5.86. The summed E-state index contributed by atoms with van der Waals surface area (Å²) in [6, 6.07) is 0.660. The minimum atomic E-state index is -0.463. The van der Waals surface area contributed by atoms with Gasteiger partial charge in [-0.3, -0.25) is 0 Å².